The van der Waals surface area contributed by atoms with E-state index >= 15 is 0 Å². The van der Waals surface area contributed by atoms with E-state index < -0.39 is 5.97 Å². The number of hydrogen-bond acceptors (Lipinski definition) is 3. The molecular formula is C12H9Br2NO3. The van der Waals surface area contributed by atoms with Gasteiger partial charge in [-0.05, 0) is 50.9 Å². The number of nitrogens with one attached hydrogen (secondary N) is 1. The number of rotatable bonds is 2. The number of aromatic amines is 1. The Kier molecular flexibility index (Phi) is 3.87. The van der Waals surface area contributed by atoms with Gasteiger partial charge in [-0.3, -0.25) is 4.79 Å². The van der Waals surface area contributed by atoms with Crippen LogP contribution in [0.15, 0.2) is 32.1 Å². The molecule has 1 aromatic heterocycles. The molecule has 0 bridgehead atoms. The van der Waals surface area contributed by atoms with Crippen LogP contribution in [0.4, 0.5) is 0 Å². The van der Waals surface area contributed by atoms with E-state index in [0.717, 1.165) is 4.47 Å². The zero-order valence-corrected chi connectivity index (χ0v) is 12.6. The lowest BCUT2D eigenvalue weighted by molar-refractivity contribution is 0.0524. The van der Waals surface area contributed by atoms with Crippen LogP contribution >= 0.6 is 31.9 Å². The molecule has 94 valence electrons. The first-order valence-electron chi connectivity index (χ1n) is 5.22. The Morgan fingerprint density at radius 2 is 2.00 bits per heavy atom. The number of H-pyrrole nitrogens is 1. The Balaban J connectivity index is 2.76. The fraction of sp³-hybridized carbons (Fsp3) is 0.167. The minimum Gasteiger partial charge on any atom is -0.462 e. The number of halogens is 2. The zero-order valence-electron chi connectivity index (χ0n) is 9.42. The molecule has 4 nitrogen and oxygen atoms in total. The van der Waals surface area contributed by atoms with Crippen LogP contribution in [-0.4, -0.2) is 17.6 Å². The predicted octanol–water partition coefficient (Wildman–Crippen LogP) is 3.23. The van der Waals surface area contributed by atoms with Gasteiger partial charge in [0.2, 0.25) is 5.43 Å². The molecule has 0 saturated heterocycles. The number of carbonyl (C=O) groups is 1. The second-order valence-electron chi connectivity index (χ2n) is 3.53. The number of hydrogen-bond donors (Lipinski definition) is 1. The Morgan fingerprint density at radius 1 is 1.33 bits per heavy atom. The fourth-order valence-corrected chi connectivity index (χ4v) is 2.58. The summed E-state index contributed by atoms with van der Waals surface area (Å²) in [6.07, 6.45) is 1.37. The summed E-state index contributed by atoms with van der Waals surface area (Å²) in [7, 11) is 0. The molecule has 6 heteroatoms. The molecule has 1 heterocycles. The van der Waals surface area contributed by atoms with Crippen molar-refractivity contribution >= 4 is 48.7 Å². The van der Waals surface area contributed by atoms with Crippen LogP contribution in [0.2, 0.25) is 0 Å². The molecule has 0 fully saturated rings. The molecule has 0 aliphatic heterocycles. The van der Waals surface area contributed by atoms with E-state index in [1.54, 1.807) is 13.0 Å². The van der Waals surface area contributed by atoms with E-state index in [0.29, 0.717) is 15.4 Å². The number of benzene rings is 1. The largest absolute Gasteiger partial charge is 0.462 e. The predicted molar refractivity (Wildman–Crippen MR) is 75.9 cm³/mol. The van der Waals surface area contributed by atoms with Crippen LogP contribution in [0.3, 0.4) is 0 Å². The molecule has 0 aliphatic rings. The van der Waals surface area contributed by atoms with Gasteiger partial charge in [0.1, 0.15) is 5.56 Å². The van der Waals surface area contributed by atoms with Gasteiger partial charge >= 0.3 is 5.97 Å². The number of esters is 1. The normalized spacial score (nSPS) is 10.6. The summed E-state index contributed by atoms with van der Waals surface area (Å²) >= 11 is 6.66. The average molecular weight is 375 g/mol. The first-order valence-corrected chi connectivity index (χ1v) is 6.81. The number of aromatic nitrogens is 1. The molecule has 2 aromatic rings. The highest BCUT2D eigenvalue weighted by atomic mass is 79.9. The van der Waals surface area contributed by atoms with Gasteiger partial charge in [-0.25, -0.2) is 4.79 Å². The Hall–Kier alpha value is -1.14. The van der Waals surface area contributed by atoms with Crippen molar-refractivity contribution in [1.29, 1.82) is 0 Å². The van der Waals surface area contributed by atoms with Gasteiger partial charge in [-0.1, -0.05) is 0 Å². The van der Waals surface area contributed by atoms with Crippen molar-refractivity contribution in [3.05, 3.63) is 43.1 Å². The highest BCUT2D eigenvalue weighted by Crippen LogP contribution is 2.26. The topological polar surface area (TPSA) is 59.2 Å². The number of carbonyl (C=O) groups excluding carboxylic acids is 1. The summed E-state index contributed by atoms with van der Waals surface area (Å²) in [5.74, 6) is -0.618. The summed E-state index contributed by atoms with van der Waals surface area (Å²) < 4.78 is 6.23. The molecule has 0 saturated carbocycles. The molecule has 1 N–H and O–H groups in total. The highest BCUT2D eigenvalue weighted by molar-refractivity contribution is 9.11. The second kappa shape index (κ2) is 5.24. The van der Waals surface area contributed by atoms with Crippen LogP contribution in [0.1, 0.15) is 17.3 Å². The lowest BCUT2D eigenvalue weighted by Crippen LogP contribution is -2.18. The van der Waals surface area contributed by atoms with Crippen LogP contribution < -0.4 is 5.43 Å². The summed E-state index contributed by atoms with van der Waals surface area (Å²) in [5, 5.41) is 0.426. The number of fused-ring (bicyclic) bond motifs is 1. The molecule has 1 aromatic carbocycles. The Labute approximate surface area is 120 Å². The zero-order chi connectivity index (χ0) is 13.3. The number of pyridine rings is 1. The first-order chi connectivity index (χ1) is 8.56. The van der Waals surface area contributed by atoms with Crippen molar-refractivity contribution in [2.24, 2.45) is 0 Å². The molecule has 0 unspecified atom stereocenters. The maximum Gasteiger partial charge on any atom is 0.343 e. The lowest BCUT2D eigenvalue weighted by atomic mass is 10.1. The lowest BCUT2D eigenvalue weighted by Gasteiger charge is -2.06. The van der Waals surface area contributed by atoms with Crippen molar-refractivity contribution in [2.45, 2.75) is 6.92 Å². The minimum absolute atomic E-state index is 0.00292. The van der Waals surface area contributed by atoms with E-state index in [2.05, 4.69) is 36.8 Å². The first kappa shape index (κ1) is 13.3. The third-order valence-corrected chi connectivity index (χ3v) is 3.75. The van der Waals surface area contributed by atoms with E-state index in [4.69, 9.17) is 4.74 Å². The minimum atomic E-state index is -0.618. The maximum atomic E-state index is 12.2. The smallest absolute Gasteiger partial charge is 0.343 e. The van der Waals surface area contributed by atoms with Crippen LogP contribution in [0.5, 0.6) is 0 Å². The van der Waals surface area contributed by atoms with E-state index in [-0.39, 0.29) is 17.6 Å². The van der Waals surface area contributed by atoms with Crippen molar-refractivity contribution in [3.8, 4) is 0 Å². The maximum absolute atomic E-state index is 12.2. The van der Waals surface area contributed by atoms with E-state index in [1.165, 1.54) is 6.20 Å². The van der Waals surface area contributed by atoms with Gasteiger partial charge in [-0.2, -0.15) is 0 Å². The SMILES string of the molecule is CCOC(=O)c1c[nH]c2c(Br)ccc(Br)c2c1=O. The highest BCUT2D eigenvalue weighted by Gasteiger charge is 2.16. The van der Waals surface area contributed by atoms with Gasteiger partial charge in [0, 0.05) is 15.1 Å². The molecule has 18 heavy (non-hydrogen) atoms. The summed E-state index contributed by atoms with van der Waals surface area (Å²) in [5.41, 5.74) is 0.293. The fourth-order valence-electron chi connectivity index (χ4n) is 1.62. The molecular weight excluding hydrogens is 366 g/mol. The summed E-state index contributed by atoms with van der Waals surface area (Å²) in [6, 6.07) is 3.56. The van der Waals surface area contributed by atoms with Crippen molar-refractivity contribution < 1.29 is 9.53 Å². The molecule has 0 amide bonds. The van der Waals surface area contributed by atoms with Crippen molar-refractivity contribution in [2.75, 3.05) is 6.61 Å². The molecule has 0 aliphatic carbocycles. The van der Waals surface area contributed by atoms with Crippen LogP contribution in [0, 0.1) is 0 Å². The Morgan fingerprint density at radius 3 is 2.67 bits per heavy atom. The molecule has 2 rings (SSSR count). The van der Waals surface area contributed by atoms with E-state index in [1.807, 2.05) is 6.07 Å². The summed E-state index contributed by atoms with van der Waals surface area (Å²) in [6.45, 7) is 1.93. The molecule has 0 radical (unpaired) electrons. The van der Waals surface area contributed by atoms with E-state index in [9.17, 15) is 9.59 Å². The van der Waals surface area contributed by atoms with Gasteiger partial charge in [0.15, 0.2) is 0 Å². The average Bonchev–Trinajstić information content (AvgIpc) is 2.34. The van der Waals surface area contributed by atoms with Crippen molar-refractivity contribution in [1.82, 2.24) is 4.98 Å². The Bertz CT molecular complexity index is 679. The van der Waals surface area contributed by atoms with Gasteiger partial charge in [0.05, 0.1) is 17.5 Å². The molecule has 0 atom stereocenters. The van der Waals surface area contributed by atoms with Crippen LogP contribution in [0.25, 0.3) is 10.9 Å². The summed E-state index contributed by atoms with van der Waals surface area (Å²) in [4.78, 5) is 26.8. The quantitative estimate of drug-likeness (QED) is 0.821. The number of ether oxygens (including phenoxy) is 1. The molecule has 0 spiro atoms. The monoisotopic (exact) mass is 373 g/mol. The van der Waals surface area contributed by atoms with Gasteiger partial charge < -0.3 is 9.72 Å². The van der Waals surface area contributed by atoms with Gasteiger partial charge in [-0.15, -0.1) is 0 Å². The third-order valence-electron chi connectivity index (χ3n) is 2.43. The third kappa shape index (κ3) is 2.22. The van der Waals surface area contributed by atoms with Gasteiger partial charge in [0.25, 0.3) is 0 Å². The standard InChI is InChI=1S/C12H9Br2NO3/c1-2-18-12(17)6-5-15-10-8(14)4-3-7(13)9(10)11(6)16/h3-5H,2H2,1H3,(H,15,16). The second-order valence-corrected chi connectivity index (χ2v) is 5.24. The van der Waals surface area contributed by atoms with Crippen molar-refractivity contribution in [3.63, 3.8) is 0 Å². The van der Waals surface area contributed by atoms with Crippen LogP contribution in [-0.2, 0) is 4.74 Å².